The smallest absolute Gasteiger partial charge is 0.326 e. The van der Waals surface area contributed by atoms with Crippen LogP contribution >= 0.6 is 0 Å². The van der Waals surface area contributed by atoms with Crippen LogP contribution in [0.3, 0.4) is 0 Å². The third kappa shape index (κ3) is 7.26. The second kappa shape index (κ2) is 9.19. The molecule has 0 aromatic carbocycles. The maximum absolute atomic E-state index is 11.4. The van der Waals surface area contributed by atoms with E-state index < -0.39 is 12.0 Å². The van der Waals surface area contributed by atoms with Gasteiger partial charge in [-0.15, -0.1) is 0 Å². The molecule has 0 aromatic heterocycles. The molecule has 0 radical (unpaired) electrons. The van der Waals surface area contributed by atoms with Crippen molar-refractivity contribution in [3.63, 3.8) is 0 Å². The molecular weight excluding hydrogens is 206 g/mol. The molecule has 4 nitrogen and oxygen atoms in total. The fraction of sp³-hybridized carbons (Fsp3) is 0.833. The Balaban J connectivity index is 3.61. The van der Waals surface area contributed by atoms with Gasteiger partial charge >= 0.3 is 5.97 Å². The predicted octanol–water partition coefficient (Wildman–Crippen LogP) is 2.33. The van der Waals surface area contributed by atoms with E-state index in [2.05, 4.69) is 12.2 Å². The summed E-state index contributed by atoms with van der Waals surface area (Å²) in [6, 6.07) is -0.733. The van der Waals surface area contributed by atoms with Gasteiger partial charge < -0.3 is 10.4 Å². The molecule has 0 aliphatic carbocycles. The molecule has 0 fully saturated rings. The molecule has 0 aliphatic rings. The first-order valence-corrected chi connectivity index (χ1v) is 6.14. The summed E-state index contributed by atoms with van der Waals surface area (Å²) in [6.45, 7) is 3.89. The average Bonchev–Trinajstić information content (AvgIpc) is 2.25. The quantitative estimate of drug-likeness (QED) is 0.596. The zero-order valence-corrected chi connectivity index (χ0v) is 10.3. The molecule has 1 unspecified atom stereocenters. The standard InChI is InChI=1S/C12H23NO3/c1-3-5-6-7-8-9-11(14)13-10(4-2)12(15)16/h10H,3-9H2,1-2H3,(H,13,14)(H,15,16). The molecule has 0 spiro atoms. The van der Waals surface area contributed by atoms with Crippen LogP contribution < -0.4 is 5.32 Å². The zero-order valence-electron chi connectivity index (χ0n) is 10.3. The molecule has 0 saturated heterocycles. The summed E-state index contributed by atoms with van der Waals surface area (Å²) < 4.78 is 0. The van der Waals surface area contributed by atoms with Crippen LogP contribution in [0.4, 0.5) is 0 Å². The minimum atomic E-state index is -0.957. The summed E-state index contributed by atoms with van der Waals surface area (Å²) in [6.07, 6.45) is 6.30. The first kappa shape index (κ1) is 14.9. The van der Waals surface area contributed by atoms with E-state index >= 15 is 0 Å². The Kier molecular flexibility index (Phi) is 8.58. The van der Waals surface area contributed by atoms with Gasteiger partial charge in [0.2, 0.25) is 5.91 Å². The van der Waals surface area contributed by atoms with Crippen LogP contribution in [0.1, 0.15) is 58.8 Å². The van der Waals surface area contributed by atoms with Crippen molar-refractivity contribution < 1.29 is 14.7 Å². The number of hydrogen-bond donors (Lipinski definition) is 2. The van der Waals surface area contributed by atoms with E-state index in [-0.39, 0.29) is 5.91 Å². The van der Waals surface area contributed by atoms with Gasteiger partial charge in [-0.2, -0.15) is 0 Å². The summed E-state index contributed by atoms with van der Waals surface area (Å²) in [5.74, 6) is -1.10. The van der Waals surface area contributed by atoms with Gasteiger partial charge in [0, 0.05) is 6.42 Å². The van der Waals surface area contributed by atoms with Crippen molar-refractivity contribution in [3.05, 3.63) is 0 Å². The van der Waals surface area contributed by atoms with Gasteiger partial charge in [-0.05, 0) is 12.8 Å². The largest absolute Gasteiger partial charge is 0.480 e. The molecule has 0 heterocycles. The van der Waals surface area contributed by atoms with Gasteiger partial charge in [0.25, 0.3) is 0 Å². The van der Waals surface area contributed by atoms with Crippen LogP contribution in [-0.4, -0.2) is 23.0 Å². The number of carbonyl (C=O) groups is 2. The lowest BCUT2D eigenvalue weighted by molar-refractivity contribution is -0.141. The molecule has 1 amide bonds. The number of hydrogen-bond acceptors (Lipinski definition) is 2. The Bertz CT molecular complexity index is 216. The van der Waals surface area contributed by atoms with Crippen LogP contribution in [0.25, 0.3) is 0 Å². The third-order valence-corrected chi connectivity index (χ3v) is 2.55. The normalized spacial score (nSPS) is 12.1. The molecule has 0 rings (SSSR count). The summed E-state index contributed by atoms with van der Waals surface area (Å²) in [5, 5.41) is 11.3. The molecular formula is C12H23NO3. The predicted molar refractivity (Wildman–Crippen MR) is 63.2 cm³/mol. The van der Waals surface area contributed by atoms with E-state index in [0.29, 0.717) is 12.8 Å². The molecule has 0 aliphatic heterocycles. The number of unbranched alkanes of at least 4 members (excludes halogenated alkanes) is 4. The molecule has 2 N–H and O–H groups in total. The molecule has 1 atom stereocenters. The monoisotopic (exact) mass is 229 g/mol. The lowest BCUT2D eigenvalue weighted by atomic mass is 10.1. The van der Waals surface area contributed by atoms with Gasteiger partial charge in [0.1, 0.15) is 6.04 Å². The van der Waals surface area contributed by atoms with Gasteiger partial charge in [0.15, 0.2) is 0 Å². The minimum Gasteiger partial charge on any atom is -0.480 e. The molecule has 16 heavy (non-hydrogen) atoms. The van der Waals surface area contributed by atoms with Gasteiger partial charge in [-0.25, -0.2) is 4.79 Å². The third-order valence-electron chi connectivity index (χ3n) is 2.55. The van der Waals surface area contributed by atoms with Crippen LogP contribution in [0.5, 0.6) is 0 Å². The summed E-state index contributed by atoms with van der Waals surface area (Å²) in [7, 11) is 0. The van der Waals surface area contributed by atoms with E-state index in [9.17, 15) is 9.59 Å². The highest BCUT2D eigenvalue weighted by Gasteiger charge is 2.16. The van der Waals surface area contributed by atoms with E-state index in [4.69, 9.17) is 5.11 Å². The number of carboxylic acids is 1. The second-order valence-corrected chi connectivity index (χ2v) is 4.03. The summed E-state index contributed by atoms with van der Waals surface area (Å²) >= 11 is 0. The highest BCUT2D eigenvalue weighted by molar-refractivity contribution is 5.83. The first-order chi connectivity index (χ1) is 7.61. The van der Waals surface area contributed by atoms with Crippen molar-refractivity contribution >= 4 is 11.9 Å². The Morgan fingerprint density at radius 1 is 1.12 bits per heavy atom. The second-order valence-electron chi connectivity index (χ2n) is 4.03. The number of nitrogens with one attached hydrogen (secondary N) is 1. The number of carboxylic acid groups (broad SMARTS) is 1. The van der Waals surface area contributed by atoms with E-state index in [1.165, 1.54) is 12.8 Å². The van der Waals surface area contributed by atoms with Crippen molar-refractivity contribution in [2.45, 2.75) is 64.8 Å². The fourth-order valence-electron chi connectivity index (χ4n) is 1.49. The topological polar surface area (TPSA) is 66.4 Å². The van der Waals surface area contributed by atoms with Gasteiger partial charge in [-0.1, -0.05) is 39.5 Å². The van der Waals surface area contributed by atoms with Crippen molar-refractivity contribution in [2.24, 2.45) is 0 Å². The van der Waals surface area contributed by atoms with Crippen molar-refractivity contribution in [3.8, 4) is 0 Å². The Morgan fingerprint density at radius 2 is 1.75 bits per heavy atom. The van der Waals surface area contributed by atoms with Crippen molar-refractivity contribution in [1.29, 1.82) is 0 Å². The molecule has 94 valence electrons. The minimum absolute atomic E-state index is 0.147. The Labute approximate surface area is 97.4 Å². The first-order valence-electron chi connectivity index (χ1n) is 6.14. The fourth-order valence-corrected chi connectivity index (χ4v) is 1.49. The van der Waals surface area contributed by atoms with Gasteiger partial charge in [0.05, 0.1) is 0 Å². The Morgan fingerprint density at radius 3 is 2.25 bits per heavy atom. The van der Waals surface area contributed by atoms with E-state index in [0.717, 1.165) is 19.3 Å². The number of amides is 1. The maximum atomic E-state index is 11.4. The maximum Gasteiger partial charge on any atom is 0.326 e. The van der Waals surface area contributed by atoms with Gasteiger partial charge in [-0.3, -0.25) is 4.79 Å². The highest BCUT2D eigenvalue weighted by atomic mass is 16.4. The lowest BCUT2D eigenvalue weighted by Crippen LogP contribution is -2.40. The van der Waals surface area contributed by atoms with Crippen LogP contribution in [0.2, 0.25) is 0 Å². The zero-order chi connectivity index (χ0) is 12.4. The number of carbonyl (C=O) groups excluding carboxylic acids is 1. The molecule has 0 saturated carbocycles. The van der Waals surface area contributed by atoms with E-state index in [1.54, 1.807) is 6.92 Å². The lowest BCUT2D eigenvalue weighted by Gasteiger charge is -2.11. The summed E-state index contributed by atoms with van der Waals surface area (Å²) in [5.41, 5.74) is 0. The molecule has 4 heteroatoms. The number of aliphatic carboxylic acids is 1. The number of rotatable bonds is 9. The van der Waals surface area contributed by atoms with E-state index in [1.807, 2.05) is 0 Å². The average molecular weight is 229 g/mol. The molecule has 0 bridgehead atoms. The van der Waals surface area contributed by atoms with Crippen LogP contribution in [-0.2, 0) is 9.59 Å². The highest BCUT2D eigenvalue weighted by Crippen LogP contribution is 2.05. The van der Waals surface area contributed by atoms with Crippen LogP contribution in [0.15, 0.2) is 0 Å². The van der Waals surface area contributed by atoms with Crippen molar-refractivity contribution in [1.82, 2.24) is 5.32 Å². The van der Waals surface area contributed by atoms with Crippen molar-refractivity contribution in [2.75, 3.05) is 0 Å². The van der Waals surface area contributed by atoms with Crippen LogP contribution in [0, 0.1) is 0 Å². The summed E-state index contributed by atoms with van der Waals surface area (Å²) in [4.78, 5) is 22.0. The molecule has 0 aromatic rings. The SMILES string of the molecule is CCCCCCCC(=O)NC(CC)C(=O)O. The Hall–Kier alpha value is -1.06.